The number of carbonyl (C=O) groups excluding carboxylic acids is 3. The van der Waals surface area contributed by atoms with Crippen molar-refractivity contribution in [2.24, 2.45) is 20.5 Å². The number of aromatic nitrogens is 3. The van der Waals surface area contributed by atoms with Crippen molar-refractivity contribution in [3.8, 4) is 11.6 Å². The van der Waals surface area contributed by atoms with Gasteiger partial charge in [-0.25, -0.2) is 4.68 Å². The van der Waals surface area contributed by atoms with Gasteiger partial charge in [0, 0.05) is 10.9 Å². The summed E-state index contributed by atoms with van der Waals surface area (Å²) in [6.45, 7) is 2.65. The number of aromatic amines is 2. The van der Waals surface area contributed by atoms with Crippen molar-refractivity contribution in [2.75, 3.05) is 6.54 Å². The smallest absolute Gasteiger partial charge is 0.435 e. The highest BCUT2D eigenvalue weighted by molar-refractivity contribution is 5.97. The molecule has 1 atom stereocenters. The molecule has 246 valence electrons. The molecule has 0 saturated heterocycles. The number of hydrogen-bond donors (Lipinski definition) is 5. The third-order valence-electron chi connectivity index (χ3n) is 6.90. The highest BCUT2D eigenvalue weighted by atomic mass is 19.4. The third-order valence-corrected chi connectivity index (χ3v) is 6.90. The molecular weight excluding hydrogens is 635 g/mol. The first-order chi connectivity index (χ1) is 22.8. The minimum atomic E-state index is -4.95. The number of alkyl halides is 3. The second-order valence-electron chi connectivity index (χ2n) is 10.4. The second-order valence-corrected chi connectivity index (χ2v) is 10.4. The van der Waals surface area contributed by atoms with Crippen molar-refractivity contribution in [3.63, 3.8) is 0 Å². The van der Waals surface area contributed by atoms with E-state index < -0.39 is 53.4 Å². The van der Waals surface area contributed by atoms with E-state index in [0.717, 1.165) is 5.56 Å². The van der Waals surface area contributed by atoms with E-state index in [1.165, 1.54) is 43.3 Å². The van der Waals surface area contributed by atoms with Crippen LogP contribution in [0.1, 0.15) is 28.5 Å². The van der Waals surface area contributed by atoms with Crippen LogP contribution in [0.15, 0.2) is 98.0 Å². The monoisotopic (exact) mass is 661 g/mol. The van der Waals surface area contributed by atoms with Crippen LogP contribution < -0.4 is 16.2 Å². The lowest BCUT2D eigenvalue weighted by atomic mass is 10.2. The Hall–Kier alpha value is -6.39. The lowest BCUT2D eigenvalue weighted by Crippen LogP contribution is -2.43. The number of para-hydroxylation sites is 1. The van der Waals surface area contributed by atoms with Crippen LogP contribution >= 0.6 is 0 Å². The van der Waals surface area contributed by atoms with Gasteiger partial charge in [-0.15, -0.1) is 15.3 Å². The van der Waals surface area contributed by atoms with Crippen LogP contribution in [0, 0.1) is 6.92 Å². The van der Waals surface area contributed by atoms with E-state index in [1.54, 1.807) is 36.4 Å². The van der Waals surface area contributed by atoms with Gasteiger partial charge in [-0.1, -0.05) is 35.9 Å². The summed E-state index contributed by atoms with van der Waals surface area (Å²) in [6.07, 6.45) is -4.95. The van der Waals surface area contributed by atoms with Gasteiger partial charge in [0.1, 0.15) is 6.04 Å². The average Bonchev–Trinajstić information content (AvgIpc) is 3.57. The molecule has 14 nitrogen and oxygen atoms in total. The number of H-pyrrole nitrogens is 2. The summed E-state index contributed by atoms with van der Waals surface area (Å²) in [4.78, 5) is 53.0. The van der Waals surface area contributed by atoms with E-state index >= 15 is 0 Å². The van der Waals surface area contributed by atoms with E-state index in [0.29, 0.717) is 15.6 Å². The number of azo groups is 2. The predicted molar refractivity (Wildman–Crippen MR) is 166 cm³/mol. The number of amides is 3. The van der Waals surface area contributed by atoms with Crippen LogP contribution in [0.4, 0.5) is 30.2 Å². The fraction of sp³-hybridized carbons (Fsp3) is 0.161. The molecule has 3 amide bonds. The standard InChI is InChI=1S/C31H26F3N9O5/c1-16-7-11-19(12-8-16)38-40-25-26(31(32,33)34)42-43(30(25)48)20-13-9-18(10-14-20)28(46)35-15-23(44)36-17(2)27(45)41-39-24-21-5-3-4-6-22(21)37-29(24)47/h3-14,17,37,42,47H,15H2,1-2H3,(H,35,46)(H,36,44)/t17-/m1/s1. The Morgan fingerprint density at radius 3 is 2.31 bits per heavy atom. The topological polar surface area (TPSA) is 199 Å². The van der Waals surface area contributed by atoms with Gasteiger partial charge in [-0.3, -0.25) is 24.3 Å². The molecular formula is C31H26F3N9O5. The zero-order valence-corrected chi connectivity index (χ0v) is 25.2. The number of rotatable bonds is 9. The largest absolute Gasteiger partial charge is 0.493 e. The second kappa shape index (κ2) is 13.5. The number of carbonyl (C=O) groups is 3. The number of nitrogens with one attached hydrogen (secondary N) is 4. The number of aromatic hydroxyl groups is 1. The Labute approximate surface area is 268 Å². The van der Waals surface area contributed by atoms with Gasteiger partial charge in [0.25, 0.3) is 17.4 Å². The van der Waals surface area contributed by atoms with Gasteiger partial charge in [-0.05, 0) is 56.3 Å². The minimum Gasteiger partial charge on any atom is -0.493 e. The Kier molecular flexibility index (Phi) is 9.30. The maximum atomic E-state index is 13.7. The first-order valence-corrected chi connectivity index (χ1v) is 14.2. The van der Waals surface area contributed by atoms with Gasteiger partial charge < -0.3 is 20.7 Å². The number of benzene rings is 3. The van der Waals surface area contributed by atoms with Crippen LogP contribution in [0.25, 0.3) is 16.6 Å². The summed E-state index contributed by atoms with van der Waals surface area (Å²) in [5, 5.41) is 32.0. The zero-order chi connectivity index (χ0) is 34.6. The molecule has 0 bridgehead atoms. The van der Waals surface area contributed by atoms with Crippen LogP contribution in [0.3, 0.4) is 0 Å². The van der Waals surface area contributed by atoms with Crippen LogP contribution in [0.5, 0.6) is 5.88 Å². The first-order valence-electron chi connectivity index (χ1n) is 14.2. The summed E-state index contributed by atoms with van der Waals surface area (Å²) in [5.74, 6) is -2.54. The molecule has 5 aromatic rings. The van der Waals surface area contributed by atoms with Gasteiger partial charge in [0.05, 0.1) is 23.4 Å². The van der Waals surface area contributed by atoms with Gasteiger partial charge in [-0.2, -0.15) is 18.3 Å². The van der Waals surface area contributed by atoms with Gasteiger partial charge in [0.15, 0.2) is 17.1 Å². The quantitative estimate of drug-likeness (QED) is 0.127. The molecule has 0 aliphatic rings. The molecule has 3 aromatic carbocycles. The van der Waals surface area contributed by atoms with E-state index in [-0.39, 0.29) is 28.5 Å². The number of hydrogen-bond acceptors (Lipinski definition) is 8. The fourth-order valence-electron chi connectivity index (χ4n) is 4.40. The number of aryl methyl sites for hydroxylation is 1. The summed E-state index contributed by atoms with van der Waals surface area (Å²) >= 11 is 0. The maximum Gasteiger partial charge on any atom is 0.435 e. The molecule has 2 aromatic heterocycles. The van der Waals surface area contributed by atoms with Crippen molar-refractivity contribution >= 4 is 45.7 Å². The normalized spacial score (nSPS) is 12.5. The summed E-state index contributed by atoms with van der Waals surface area (Å²) in [5.41, 5.74) is -1.67. The Bertz CT molecular complexity index is 2110. The first kappa shape index (κ1) is 33.0. The van der Waals surface area contributed by atoms with Crippen molar-refractivity contribution < 1.29 is 32.7 Å². The lowest BCUT2D eigenvalue weighted by molar-refractivity contribution is -0.140. The van der Waals surface area contributed by atoms with Crippen LogP contribution in [0.2, 0.25) is 0 Å². The molecule has 5 N–H and O–H groups in total. The maximum absolute atomic E-state index is 13.7. The Balaban J connectivity index is 1.20. The molecule has 48 heavy (non-hydrogen) atoms. The van der Waals surface area contributed by atoms with Gasteiger partial charge >= 0.3 is 6.18 Å². The Morgan fingerprint density at radius 1 is 0.938 bits per heavy atom. The fourth-order valence-corrected chi connectivity index (χ4v) is 4.40. The molecule has 0 aliphatic heterocycles. The van der Waals surface area contributed by atoms with Crippen LogP contribution in [-0.2, 0) is 15.8 Å². The molecule has 2 heterocycles. The molecule has 17 heteroatoms. The molecule has 0 saturated carbocycles. The van der Waals surface area contributed by atoms with Crippen molar-refractivity contribution in [1.82, 2.24) is 25.4 Å². The highest BCUT2D eigenvalue weighted by Crippen LogP contribution is 2.36. The minimum absolute atomic E-state index is 0.0259. The molecule has 0 fully saturated rings. The van der Waals surface area contributed by atoms with E-state index in [4.69, 9.17) is 0 Å². The zero-order valence-electron chi connectivity index (χ0n) is 25.2. The number of halogens is 3. The molecule has 0 radical (unpaired) electrons. The van der Waals surface area contributed by atoms with E-state index in [2.05, 4.69) is 36.1 Å². The SMILES string of the molecule is Cc1ccc(N=Nc2c(C(F)(F)F)[nH]n(-c3ccc(C(=O)NCC(=O)N[C@H](C)C(=O)N=Nc4c(O)[nH]c5ccccc45)cc3)c2=O)cc1. The van der Waals surface area contributed by atoms with Crippen LogP contribution in [-0.4, -0.2) is 50.2 Å². The number of fused-ring (bicyclic) bond motifs is 1. The summed E-state index contributed by atoms with van der Waals surface area (Å²) < 4.78 is 41.8. The average molecular weight is 662 g/mol. The summed E-state index contributed by atoms with van der Waals surface area (Å²) in [7, 11) is 0. The van der Waals surface area contributed by atoms with E-state index in [1.807, 2.05) is 12.0 Å². The highest BCUT2D eigenvalue weighted by Gasteiger charge is 2.38. The summed E-state index contributed by atoms with van der Waals surface area (Å²) in [6, 6.07) is 17.1. The van der Waals surface area contributed by atoms with Gasteiger partial charge in [0.2, 0.25) is 11.8 Å². The molecule has 5 rings (SSSR count). The number of nitrogens with zero attached hydrogens (tertiary/aromatic N) is 5. The van der Waals surface area contributed by atoms with Crippen molar-refractivity contribution in [2.45, 2.75) is 26.1 Å². The molecule has 0 aliphatic carbocycles. The van der Waals surface area contributed by atoms with Crippen molar-refractivity contribution in [3.05, 3.63) is 100.0 Å². The third kappa shape index (κ3) is 7.35. The lowest BCUT2D eigenvalue weighted by Gasteiger charge is -2.11. The van der Waals surface area contributed by atoms with E-state index in [9.17, 15) is 37.5 Å². The Morgan fingerprint density at radius 2 is 1.62 bits per heavy atom. The molecule has 0 spiro atoms. The predicted octanol–water partition coefficient (Wildman–Crippen LogP) is 5.64. The molecule has 0 unspecified atom stereocenters. The van der Waals surface area contributed by atoms with Crippen molar-refractivity contribution in [1.29, 1.82) is 0 Å².